The molecule has 0 aliphatic heterocycles. The molecule has 1 nitrogen and oxygen atoms in total. The lowest BCUT2D eigenvalue weighted by Gasteiger charge is -1.69. The van der Waals surface area contributed by atoms with Crippen LogP contribution in [0.5, 0.6) is 0 Å². The Hall–Kier alpha value is -0.420. The summed E-state index contributed by atoms with van der Waals surface area (Å²) in [5.74, 6) is 0. The van der Waals surface area contributed by atoms with E-state index in [1.54, 1.807) is 5.37 Å². The highest BCUT2D eigenvalue weighted by molar-refractivity contribution is 7.78. The van der Waals surface area contributed by atoms with Crippen LogP contribution in [0.4, 0.5) is 0 Å². The molecule has 0 rings (SSSR count). The maximum absolute atomic E-state index is 7.88. The van der Waals surface area contributed by atoms with Crippen LogP contribution in [0.3, 0.4) is 0 Å². The molecular formula is C4H5NS. The molecule has 0 aliphatic carbocycles. The third-order valence-electron chi connectivity index (χ3n) is 0.374. The Morgan fingerprint density at radius 3 is 2.67 bits per heavy atom. The Morgan fingerprint density at radius 1 is 1.83 bits per heavy atom. The normalized spacial score (nSPS) is 6.50. The van der Waals surface area contributed by atoms with Crippen molar-refractivity contribution in [1.82, 2.24) is 0 Å². The van der Waals surface area contributed by atoms with E-state index in [1.165, 1.54) is 0 Å². The number of hydrogen-bond acceptors (Lipinski definition) is 2. The second-order valence-electron chi connectivity index (χ2n) is 0.863. The Labute approximate surface area is 42.6 Å². The van der Waals surface area contributed by atoms with E-state index >= 15 is 0 Å². The molecule has 0 unspecified atom stereocenters. The van der Waals surface area contributed by atoms with E-state index in [9.17, 15) is 0 Å². The van der Waals surface area contributed by atoms with E-state index in [4.69, 9.17) is 5.26 Å². The standard InChI is InChI=1S/C4H5NS/c5-3-1-2-4-6/h4H,1-2H2. The molecule has 0 radical (unpaired) electrons. The van der Waals surface area contributed by atoms with Crippen LogP contribution >= 0.6 is 12.2 Å². The fourth-order valence-corrected chi connectivity index (χ4v) is 0.241. The van der Waals surface area contributed by atoms with Crippen molar-refractivity contribution in [3.8, 4) is 6.07 Å². The van der Waals surface area contributed by atoms with Crippen molar-refractivity contribution in [3.05, 3.63) is 0 Å². The number of nitriles is 1. The average molecular weight is 99.2 g/mol. The molecule has 0 aliphatic rings. The van der Waals surface area contributed by atoms with Crippen LogP contribution in [0.1, 0.15) is 12.8 Å². The molecule has 0 saturated carbocycles. The summed E-state index contributed by atoms with van der Waals surface area (Å²) in [6.45, 7) is 0. The molecule has 32 valence electrons. The highest BCUT2D eigenvalue weighted by atomic mass is 32.1. The maximum Gasteiger partial charge on any atom is 0.0625 e. The molecule has 0 N–H and O–H groups in total. The van der Waals surface area contributed by atoms with Crippen molar-refractivity contribution in [2.75, 3.05) is 0 Å². The predicted molar refractivity (Wildman–Crippen MR) is 28.5 cm³/mol. The Kier molecular flexibility index (Phi) is 4.26. The van der Waals surface area contributed by atoms with E-state index in [-0.39, 0.29) is 0 Å². The average Bonchev–Trinajstić information content (AvgIpc) is 1.61. The molecular weight excluding hydrogens is 94.1 g/mol. The zero-order valence-electron chi connectivity index (χ0n) is 3.35. The van der Waals surface area contributed by atoms with Gasteiger partial charge in [-0.3, -0.25) is 0 Å². The van der Waals surface area contributed by atoms with Gasteiger partial charge in [-0.25, -0.2) is 0 Å². The summed E-state index contributed by atoms with van der Waals surface area (Å²) in [5.41, 5.74) is 0. The van der Waals surface area contributed by atoms with Gasteiger partial charge in [0.2, 0.25) is 0 Å². The molecule has 0 fully saturated rings. The minimum atomic E-state index is 0.559. The highest BCUT2D eigenvalue weighted by Gasteiger charge is 1.70. The van der Waals surface area contributed by atoms with E-state index < -0.39 is 0 Å². The highest BCUT2D eigenvalue weighted by Crippen LogP contribution is 1.77. The van der Waals surface area contributed by atoms with Gasteiger partial charge >= 0.3 is 0 Å². The Bertz CT molecular complexity index is 72.1. The predicted octanol–water partition coefficient (Wildman–Crippen LogP) is 1.29. The third kappa shape index (κ3) is 3.58. The fourth-order valence-electron chi connectivity index (χ4n) is 0.123. The van der Waals surface area contributed by atoms with Crippen molar-refractivity contribution in [2.45, 2.75) is 12.8 Å². The molecule has 0 aromatic carbocycles. The summed E-state index contributed by atoms with van der Waals surface area (Å²) < 4.78 is 0. The lowest BCUT2D eigenvalue weighted by atomic mass is 10.4. The Morgan fingerprint density at radius 2 is 2.50 bits per heavy atom. The number of rotatable bonds is 2. The van der Waals surface area contributed by atoms with Gasteiger partial charge in [0.15, 0.2) is 0 Å². The molecule has 0 atom stereocenters. The van der Waals surface area contributed by atoms with E-state index in [0.29, 0.717) is 6.42 Å². The second-order valence-corrected chi connectivity index (χ2v) is 1.20. The SMILES string of the molecule is N#CCCC=S. The van der Waals surface area contributed by atoms with E-state index in [0.717, 1.165) is 6.42 Å². The van der Waals surface area contributed by atoms with Gasteiger partial charge < -0.3 is 0 Å². The van der Waals surface area contributed by atoms with Gasteiger partial charge in [0.25, 0.3) is 0 Å². The van der Waals surface area contributed by atoms with Crippen molar-refractivity contribution >= 4 is 17.6 Å². The lowest BCUT2D eigenvalue weighted by molar-refractivity contribution is 1.14. The number of hydrogen-bond donors (Lipinski definition) is 0. The van der Waals surface area contributed by atoms with Gasteiger partial charge in [-0.15, -0.1) is 0 Å². The van der Waals surface area contributed by atoms with Crippen LogP contribution in [0.15, 0.2) is 0 Å². The summed E-state index contributed by atoms with van der Waals surface area (Å²) in [6, 6.07) is 1.97. The molecule has 2 heteroatoms. The van der Waals surface area contributed by atoms with Crippen molar-refractivity contribution in [2.24, 2.45) is 0 Å². The molecule has 0 aromatic rings. The van der Waals surface area contributed by atoms with Gasteiger partial charge in [0, 0.05) is 6.42 Å². The van der Waals surface area contributed by atoms with Crippen LogP contribution in [0.25, 0.3) is 0 Å². The van der Waals surface area contributed by atoms with Gasteiger partial charge in [-0.2, -0.15) is 5.26 Å². The number of unbranched alkanes of at least 4 members (excludes halogenated alkanes) is 1. The van der Waals surface area contributed by atoms with Gasteiger partial charge in [0.1, 0.15) is 0 Å². The molecule has 6 heavy (non-hydrogen) atoms. The summed E-state index contributed by atoms with van der Waals surface area (Å²) in [7, 11) is 0. The smallest absolute Gasteiger partial charge is 0.0625 e. The van der Waals surface area contributed by atoms with Crippen LogP contribution < -0.4 is 0 Å². The van der Waals surface area contributed by atoms with E-state index in [1.807, 2.05) is 6.07 Å². The molecule has 0 amide bonds. The summed E-state index contributed by atoms with van der Waals surface area (Å²) in [6.07, 6.45) is 1.30. The van der Waals surface area contributed by atoms with Crippen molar-refractivity contribution in [3.63, 3.8) is 0 Å². The first-order valence-corrected chi connectivity index (χ1v) is 2.19. The second kappa shape index (κ2) is 4.58. The number of thiocarbonyl (C=S) groups is 1. The first kappa shape index (κ1) is 5.58. The third-order valence-corrected chi connectivity index (χ3v) is 0.610. The van der Waals surface area contributed by atoms with Gasteiger partial charge in [-0.1, -0.05) is 12.2 Å². The molecule has 0 spiro atoms. The van der Waals surface area contributed by atoms with Gasteiger partial charge in [0.05, 0.1) is 6.07 Å². The van der Waals surface area contributed by atoms with Crippen LogP contribution in [-0.2, 0) is 0 Å². The maximum atomic E-state index is 7.88. The topological polar surface area (TPSA) is 23.8 Å². The first-order valence-electron chi connectivity index (χ1n) is 1.72. The zero-order valence-corrected chi connectivity index (χ0v) is 4.16. The quantitative estimate of drug-likeness (QED) is 0.384. The lowest BCUT2D eigenvalue weighted by Crippen LogP contribution is -1.64. The van der Waals surface area contributed by atoms with Crippen LogP contribution in [0.2, 0.25) is 0 Å². The number of nitrogens with zero attached hydrogens (tertiary/aromatic N) is 1. The fraction of sp³-hybridized carbons (Fsp3) is 0.500. The summed E-state index contributed by atoms with van der Waals surface area (Å²) >= 11 is 4.44. The van der Waals surface area contributed by atoms with Crippen LogP contribution in [0, 0.1) is 11.3 Å². The molecule has 0 aromatic heterocycles. The molecule has 0 bridgehead atoms. The van der Waals surface area contributed by atoms with Crippen LogP contribution in [-0.4, -0.2) is 5.37 Å². The van der Waals surface area contributed by atoms with Crippen molar-refractivity contribution in [1.29, 1.82) is 5.26 Å². The zero-order chi connectivity index (χ0) is 4.83. The minimum absolute atomic E-state index is 0.559. The monoisotopic (exact) mass is 99.0 g/mol. The summed E-state index contributed by atoms with van der Waals surface area (Å²) in [5, 5.41) is 9.45. The largest absolute Gasteiger partial charge is 0.198 e. The molecule has 0 saturated heterocycles. The minimum Gasteiger partial charge on any atom is -0.198 e. The molecule has 0 heterocycles. The van der Waals surface area contributed by atoms with Crippen molar-refractivity contribution < 1.29 is 0 Å². The Balaban J connectivity index is 2.72. The van der Waals surface area contributed by atoms with E-state index in [2.05, 4.69) is 12.2 Å². The summed E-state index contributed by atoms with van der Waals surface area (Å²) in [4.78, 5) is 0. The first-order chi connectivity index (χ1) is 2.91. The van der Waals surface area contributed by atoms with Gasteiger partial charge in [-0.05, 0) is 11.8 Å².